The molecule has 2 unspecified atom stereocenters. The van der Waals surface area contributed by atoms with Crippen LogP contribution in [0.3, 0.4) is 0 Å². The number of aromatic hydroxyl groups is 1. The smallest absolute Gasteiger partial charge is 0.241 e. The second kappa shape index (κ2) is 11.0. The summed E-state index contributed by atoms with van der Waals surface area (Å²) in [5.74, 6) is 1.50. The number of carbonyl (C=O) groups excluding carboxylic acids is 1. The summed E-state index contributed by atoms with van der Waals surface area (Å²) in [6.45, 7) is 7.00. The average Bonchev–Trinajstić information content (AvgIpc) is 3.13. The van der Waals surface area contributed by atoms with Crippen LogP contribution < -0.4 is 15.4 Å². The second-order valence-corrected chi connectivity index (χ2v) is 9.78. The van der Waals surface area contributed by atoms with Crippen LogP contribution in [0.4, 0.5) is 5.69 Å². The lowest BCUT2D eigenvalue weighted by Crippen LogP contribution is -2.33. The van der Waals surface area contributed by atoms with Crippen molar-refractivity contribution in [2.75, 3.05) is 19.0 Å². The summed E-state index contributed by atoms with van der Waals surface area (Å²) >= 11 is 0. The molecule has 35 heavy (non-hydrogen) atoms. The van der Waals surface area contributed by atoms with Crippen LogP contribution in [0, 0.1) is 5.92 Å². The number of nitrogens with zero attached hydrogens (tertiary/aromatic N) is 2. The highest BCUT2D eigenvalue weighted by Gasteiger charge is 2.40. The van der Waals surface area contributed by atoms with E-state index in [0.717, 1.165) is 47.2 Å². The van der Waals surface area contributed by atoms with Crippen molar-refractivity contribution >= 4 is 22.5 Å². The zero-order valence-electron chi connectivity index (χ0n) is 21.0. The largest absolute Gasteiger partial charge is 0.508 e. The fourth-order valence-corrected chi connectivity index (χ4v) is 4.83. The molecule has 0 bridgehead atoms. The van der Waals surface area contributed by atoms with Gasteiger partial charge in [0.2, 0.25) is 5.91 Å². The highest BCUT2D eigenvalue weighted by atomic mass is 16.5. The lowest BCUT2D eigenvalue weighted by molar-refractivity contribution is -0.130. The molecule has 0 aliphatic carbocycles. The number of rotatable bonds is 10. The number of methoxy groups -OCH3 is 1. The van der Waals surface area contributed by atoms with Crippen LogP contribution in [-0.2, 0) is 4.79 Å². The van der Waals surface area contributed by atoms with Crippen LogP contribution in [0.25, 0.3) is 10.9 Å². The molecule has 4 rings (SSSR count). The number of pyridine rings is 1. The zero-order valence-corrected chi connectivity index (χ0v) is 21.0. The SMILES string of the molecule is COc1cc(NC(C)CCCN2C(=O)[C@H](CC(C)C)NC2c2ccccc2O)c2ncccc2c1. The first-order chi connectivity index (χ1) is 16.9. The Morgan fingerprint density at radius 2 is 1.97 bits per heavy atom. The number of phenolic OH excluding ortho intramolecular Hbond substituents is 1. The van der Waals surface area contributed by atoms with Crippen molar-refractivity contribution in [1.82, 2.24) is 15.2 Å². The van der Waals surface area contributed by atoms with Crippen molar-refractivity contribution in [3.05, 3.63) is 60.3 Å². The maximum Gasteiger partial charge on any atom is 0.241 e. The number of nitrogens with one attached hydrogen (secondary N) is 2. The van der Waals surface area contributed by atoms with Crippen LogP contribution in [0.2, 0.25) is 0 Å². The number of amides is 1. The molecule has 2 heterocycles. The van der Waals surface area contributed by atoms with Gasteiger partial charge >= 0.3 is 0 Å². The van der Waals surface area contributed by atoms with Crippen molar-refractivity contribution in [3.63, 3.8) is 0 Å². The van der Waals surface area contributed by atoms with Crippen molar-refractivity contribution in [1.29, 1.82) is 0 Å². The van der Waals surface area contributed by atoms with Gasteiger partial charge in [-0.1, -0.05) is 38.1 Å². The van der Waals surface area contributed by atoms with E-state index in [9.17, 15) is 9.90 Å². The number of fused-ring (bicyclic) bond motifs is 1. The number of hydrogen-bond donors (Lipinski definition) is 3. The molecule has 7 heteroatoms. The Labute approximate surface area is 207 Å². The van der Waals surface area contributed by atoms with Gasteiger partial charge in [0.1, 0.15) is 17.7 Å². The van der Waals surface area contributed by atoms with E-state index in [1.165, 1.54) is 0 Å². The molecule has 1 saturated heterocycles. The Bertz CT molecular complexity index is 1170. The summed E-state index contributed by atoms with van der Waals surface area (Å²) in [4.78, 5) is 19.7. The molecule has 0 saturated carbocycles. The summed E-state index contributed by atoms with van der Waals surface area (Å²) in [6.07, 6.45) is 3.95. The molecule has 3 aromatic rings. The summed E-state index contributed by atoms with van der Waals surface area (Å²) in [6, 6.07) is 15.1. The van der Waals surface area contributed by atoms with E-state index >= 15 is 0 Å². The Hall–Kier alpha value is -3.32. The first-order valence-corrected chi connectivity index (χ1v) is 12.4. The minimum Gasteiger partial charge on any atom is -0.508 e. The number of anilines is 1. The van der Waals surface area contributed by atoms with E-state index in [1.54, 1.807) is 25.4 Å². The summed E-state index contributed by atoms with van der Waals surface area (Å²) in [7, 11) is 1.67. The third kappa shape index (κ3) is 5.68. The van der Waals surface area contributed by atoms with Gasteiger partial charge in [0.05, 0.1) is 24.4 Å². The summed E-state index contributed by atoms with van der Waals surface area (Å²) in [5, 5.41) is 18.5. The molecule has 1 fully saturated rings. The average molecular weight is 477 g/mol. The van der Waals surface area contributed by atoms with Gasteiger partial charge in [-0.15, -0.1) is 0 Å². The lowest BCUT2D eigenvalue weighted by Gasteiger charge is -2.26. The molecule has 1 aliphatic rings. The number of para-hydroxylation sites is 1. The summed E-state index contributed by atoms with van der Waals surface area (Å²) < 4.78 is 5.47. The maximum atomic E-state index is 13.3. The minimum atomic E-state index is -0.317. The standard InChI is InChI=1S/C28H36N4O3/c1-18(2)15-24-28(34)32(27(31-24)22-11-5-6-12-25(22)33)14-8-9-19(3)30-23-17-21(35-4)16-20-10-7-13-29-26(20)23/h5-7,10-13,16-19,24,27,30-31,33H,8-9,14-15H2,1-4H3/t19?,24-,27?/m0/s1. The van der Waals surface area contributed by atoms with Gasteiger partial charge < -0.3 is 20.1 Å². The number of aromatic nitrogens is 1. The van der Waals surface area contributed by atoms with E-state index in [1.807, 2.05) is 41.3 Å². The van der Waals surface area contributed by atoms with E-state index in [4.69, 9.17) is 4.74 Å². The molecule has 2 aromatic carbocycles. The van der Waals surface area contributed by atoms with Gasteiger partial charge in [-0.2, -0.15) is 0 Å². The van der Waals surface area contributed by atoms with Gasteiger partial charge in [0, 0.05) is 35.8 Å². The molecule has 3 N–H and O–H groups in total. The number of phenols is 1. The normalized spacial score (nSPS) is 18.9. The van der Waals surface area contributed by atoms with Gasteiger partial charge in [-0.3, -0.25) is 15.1 Å². The minimum absolute atomic E-state index is 0.107. The molecule has 0 radical (unpaired) electrons. The first-order valence-electron chi connectivity index (χ1n) is 12.4. The molecular formula is C28H36N4O3. The molecule has 1 aromatic heterocycles. The Morgan fingerprint density at radius 3 is 2.71 bits per heavy atom. The van der Waals surface area contributed by atoms with Crippen LogP contribution >= 0.6 is 0 Å². The fourth-order valence-electron chi connectivity index (χ4n) is 4.83. The van der Waals surface area contributed by atoms with E-state index in [0.29, 0.717) is 12.5 Å². The molecule has 7 nitrogen and oxygen atoms in total. The molecule has 1 amide bonds. The highest BCUT2D eigenvalue weighted by Crippen LogP contribution is 2.33. The van der Waals surface area contributed by atoms with Crippen LogP contribution in [0.15, 0.2) is 54.7 Å². The fraction of sp³-hybridized carbons (Fsp3) is 0.429. The topological polar surface area (TPSA) is 86.7 Å². The Kier molecular flexibility index (Phi) is 7.76. The third-order valence-electron chi connectivity index (χ3n) is 6.54. The van der Waals surface area contributed by atoms with Crippen molar-refractivity contribution < 1.29 is 14.6 Å². The second-order valence-electron chi connectivity index (χ2n) is 9.78. The van der Waals surface area contributed by atoms with Gasteiger partial charge in [0.15, 0.2) is 0 Å². The van der Waals surface area contributed by atoms with E-state index < -0.39 is 0 Å². The first kappa shape index (κ1) is 24.8. The van der Waals surface area contributed by atoms with Crippen molar-refractivity contribution in [3.8, 4) is 11.5 Å². The third-order valence-corrected chi connectivity index (χ3v) is 6.54. The predicted octanol–water partition coefficient (Wildman–Crippen LogP) is 5.07. The van der Waals surface area contributed by atoms with Gasteiger partial charge in [-0.05, 0) is 50.3 Å². The highest BCUT2D eigenvalue weighted by molar-refractivity contribution is 5.92. The Morgan fingerprint density at radius 1 is 1.17 bits per heavy atom. The monoisotopic (exact) mass is 476 g/mol. The van der Waals surface area contributed by atoms with Gasteiger partial charge in [0.25, 0.3) is 0 Å². The quantitative estimate of drug-likeness (QED) is 0.379. The number of hydrogen-bond acceptors (Lipinski definition) is 6. The van der Waals surface area contributed by atoms with Gasteiger partial charge in [-0.25, -0.2) is 0 Å². The van der Waals surface area contributed by atoms with Crippen LogP contribution in [-0.4, -0.2) is 46.6 Å². The van der Waals surface area contributed by atoms with E-state index in [-0.39, 0.29) is 29.9 Å². The molecular weight excluding hydrogens is 440 g/mol. The van der Waals surface area contributed by atoms with Crippen molar-refractivity contribution in [2.24, 2.45) is 5.92 Å². The number of benzene rings is 2. The molecule has 0 spiro atoms. The van der Waals surface area contributed by atoms with Crippen LogP contribution in [0.5, 0.6) is 11.5 Å². The van der Waals surface area contributed by atoms with Crippen molar-refractivity contribution in [2.45, 2.75) is 58.3 Å². The lowest BCUT2D eigenvalue weighted by atomic mass is 10.0. The Balaban J connectivity index is 1.43. The zero-order chi connectivity index (χ0) is 24.9. The van der Waals surface area contributed by atoms with Crippen LogP contribution in [0.1, 0.15) is 51.8 Å². The maximum absolute atomic E-state index is 13.3. The molecule has 186 valence electrons. The number of carbonyl (C=O) groups is 1. The predicted molar refractivity (Wildman–Crippen MR) is 140 cm³/mol. The molecule has 1 aliphatic heterocycles. The van der Waals surface area contributed by atoms with E-state index in [2.05, 4.69) is 36.4 Å². The number of ether oxygens (including phenoxy) is 1. The summed E-state index contributed by atoms with van der Waals surface area (Å²) in [5.41, 5.74) is 2.60. The molecule has 3 atom stereocenters.